The van der Waals surface area contributed by atoms with Crippen LogP contribution in [0.5, 0.6) is 0 Å². The van der Waals surface area contributed by atoms with Crippen LogP contribution in [0.25, 0.3) is 0 Å². The van der Waals surface area contributed by atoms with Crippen LogP contribution >= 0.6 is 0 Å². The first-order valence-corrected chi connectivity index (χ1v) is 7.81. The van der Waals surface area contributed by atoms with Crippen molar-refractivity contribution >= 4 is 0 Å². The summed E-state index contributed by atoms with van der Waals surface area (Å²) >= 11 is 0. The molecule has 2 rings (SSSR count). The van der Waals surface area contributed by atoms with Crippen LogP contribution in [0.2, 0.25) is 0 Å². The molecule has 1 aromatic heterocycles. The van der Waals surface area contributed by atoms with Gasteiger partial charge in [0.25, 0.3) is 0 Å². The van der Waals surface area contributed by atoms with Crippen molar-refractivity contribution in [2.24, 2.45) is 5.92 Å². The SMILES string of the molecule is CCC(O)(Cc1ccn(C2CCCCC2)n1)C(C)C. The summed E-state index contributed by atoms with van der Waals surface area (Å²) in [6.45, 7) is 6.22. The minimum atomic E-state index is -0.619. The van der Waals surface area contributed by atoms with Crippen molar-refractivity contribution in [3.05, 3.63) is 18.0 Å². The number of nitrogens with zero attached hydrogens (tertiary/aromatic N) is 2. The minimum absolute atomic E-state index is 0.261. The highest BCUT2D eigenvalue weighted by atomic mass is 16.3. The van der Waals surface area contributed by atoms with E-state index in [4.69, 9.17) is 5.10 Å². The fourth-order valence-electron chi connectivity index (χ4n) is 3.07. The van der Waals surface area contributed by atoms with Crippen molar-refractivity contribution in [2.75, 3.05) is 0 Å². The molecule has 1 aliphatic carbocycles. The Bertz CT molecular complexity index is 393. The van der Waals surface area contributed by atoms with Crippen LogP contribution in [0.15, 0.2) is 12.3 Å². The topological polar surface area (TPSA) is 38.0 Å². The molecule has 1 heterocycles. The number of hydrogen-bond acceptors (Lipinski definition) is 2. The first kappa shape index (κ1) is 14.6. The van der Waals surface area contributed by atoms with Gasteiger partial charge in [-0.15, -0.1) is 0 Å². The number of hydrogen-bond donors (Lipinski definition) is 1. The summed E-state index contributed by atoms with van der Waals surface area (Å²) in [5.41, 5.74) is 0.412. The molecule has 1 fully saturated rings. The largest absolute Gasteiger partial charge is 0.389 e. The Labute approximate surface area is 117 Å². The molecular formula is C16H28N2O. The van der Waals surface area contributed by atoms with Crippen LogP contribution < -0.4 is 0 Å². The molecule has 1 atom stereocenters. The standard InChI is InChI=1S/C16H28N2O/c1-4-16(19,13(2)3)12-14-10-11-18(17-14)15-8-6-5-7-9-15/h10-11,13,15,19H,4-9,12H2,1-3H3. The lowest BCUT2D eigenvalue weighted by Crippen LogP contribution is -2.36. The van der Waals surface area contributed by atoms with Gasteiger partial charge in [-0.05, 0) is 31.2 Å². The third-order valence-corrected chi connectivity index (χ3v) is 4.79. The van der Waals surface area contributed by atoms with E-state index in [0.29, 0.717) is 12.5 Å². The van der Waals surface area contributed by atoms with Crippen LogP contribution in [0.4, 0.5) is 0 Å². The highest BCUT2D eigenvalue weighted by Crippen LogP contribution is 2.29. The molecule has 1 aliphatic rings. The maximum atomic E-state index is 10.6. The highest BCUT2D eigenvalue weighted by molar-refractivity contribution is 5.05. The van der Waals surface area contributed by atoms with Gasteiger partial charge in [0.1, 0.15) is 0 Å². The Morgan fingerprint density at radius 3 is 2.63 bits per heavy atom. The van der Waals surface area contributed by atoms with Crippen LogP contribution in [-0.4, -0.2) is 20.5 Å². The van der Waals surface area contributed by atoms with E-state index in [1.54, 1.807) is 0 Å². The summed E-state index contributed by atoms with van der Waals surface area (Å²) in [4.78, 5) is 0. The van der Waals surface area contributed by atoms with Crippen molar-refractivity contribution in [2.45, 2.75) is 77.4 Å². The molecular weight excluding hydrogens is 236 g/mol. The van der Waals surface area contributed by atoms with Gasteiger partial charge in [0.15, 0.2) is 0 Å². The molecule has 0 bridgehead atoms. The molecule has 3 nitrogen and oxygen atoms in total. The first-order chi connectivity index (χ1) is 9.05. The van der Waals surface area contributed by atoms with Crippen molar-refractivity contribution in [3.8, 4) is 0 Å². The molecule has 108 valence electrons. The molecule has 1 N–H and O–H groups in total. The summed E-state index contributed by atoms with van der Waals surface area (Å²) in [5.74, 6) is 0.261. The second kappa shape index (κ2) is 6.08. The minimum Gasteiger partial charge on any atom is -0.389 e. The van der Waals surface area contributed by atoms with Crippen molar-refractivity contribution in [1.29, 1.82) is 0 Å². The van der Waals surface area contributed by atoms with Gasteiger partial charge in [-0.2, -0.15) is 5.10 Å². The normalized spacial score (nSPS) is 20.7. The highest BCUT2D eigenvalue weighted by Gasteiger charge is 2.30. The zero-order chi connectivity index (χ0) is 13.9. The average Bonchev–Trinajstić information content (AvgIpc) is 2.87. The van der Waals surface area contributed by atoms with Crippen LogP contribution in [0.1, 0.15) is 71.0 Å². The monoisotopic (exact) mass is 264 g/mol. The van der Waals surface area contributed by atoms with Gasteiger partial charge >= 0.3 is 0 Å². The fraction of sp³-hybridized carbons (Fsp3) is 0.812. The molecule has 19 heavy (non-hydrogen) atoms. The third-order valence-electron chi connectivity index (χ3n) is 4.79. The Balaban J connectivity index is 2.04. The smallest absolute Gasteiger partial charge is 0.0723 e. The Morgan fingerprint density at radius 1 is 1.37 bits per heavy atom. The zero-order valence-electron chi connectivity index (χ0n) is 12.6. The summed E-state index contributed by atoms with van der Waals surface area (Å²) in [6.07, 6.45) is 10.1. The second-order valence-electron chi connectivity index (χ2n) is 6.37. The lowest BCUT2D eigenvalue weighted by molar-refractivity contribution is -0.00927. The van der Waals surface area contributed by atoms with Gasteiger partial charge < -0.3 is 5.11 Å². The summed E-state index contributed by atoms with van der Waals surface area (Å²) in [6, 6.07) is 2.66. The third kappa shape index (κ3) is 3.38. The fourth-order valence-corrected chi connectivity index (χ4v) is 3.07. The summed E-state index contributed by atoms with van der Waals surface area (Å²) in [7, 11) is 0. The molecule has 0 aromatic carbocycles. The van der Waals surface area contributed by atoms with Crippen molar-refractivity contribution < 1.29 is 5.11 Å². The van der Waals surface area contributed by atoms with Crippen molar-refractivity contribution in [3.63, 3.8) is 0 Å². The lowest BCUT2D eigenvalue weighted by Gasteiger charge is -2.30. The number of aromatic nitrogens is 2. The van der Waals surface area contributed by atoms with Crippen LogP contribution in [0, 0.1) is 5.92 Å². The van der Waals surface area contributed by atoms with E-state index in [-0.39, 0.29) is 5.92 Å². The van der Waals surface area contributed by atoms with E-state index in [1.165, 1.54) is 32.1 Å². The average molecular weight is 264 g/mol. The van der Waals surface area contributed by atoms with Gasteiger partial charge in [0.05, 0.1) is 17.3 Å². The van der Waals surface area contributed by atoms with Crippen molar-refractivity contribution in [1.82, 2.24) is 9.78 Å². The maximum Gasteiger partial charge on any atom is 0.0723 e. The van der Waals surface area contributed by atoms with E-state index in [2.05, 4.69) is 37.7 Å². The zero-order valence-corrected chi connectivity index (χ0v) is 12.6. The molecule has 0 amide bonds. The molecule has 1 unspecified atom stereocenters. The van der Waals surface area contributed by atoms with Crippen LogP contribution in [-0.2, 0) is 6.42 Å². The van der Waals surface area contributed by atoms with E-state index >= 15 is 0 Å². The second-order valence-corrected chi connectivity index (χ2v) is 6.37. The lowest BCUT2D eigenvalue weighted by atomic mass is 9.84. The summed E-state index contributed by atoms with van der Waals surface area (Å²) < 4.78 is 2.13. The van der Waals surface area contributed by atoms with Crippen LogP contribution in [0.3, 0.4) is 0 Å². The van der Waals surface area contributed by atoms with Gasteiger partial charge in [-0.1, -0.05) is 40.0 Å². The quantitative estimate of drug-likeness (QED) is 0.880. The van der Waals surface area contributed by atoms with E-state index in [1.807, 2.05) is 0 Å². The van der Waals surface area contributed by atoms with Gasteiger partial charge in [0, 0.05) is 12.6 Å². The molecule has 0 saturated heterocycles. The molecule has 0 spiro atoms. The summed E-state index contributed by atoms with van der Waals surface area (Å²) in [5, 5.41) is 15.3. The molecule has 0 aliphatic heterocycles. The number of rotatable bonds is 5. The van der Waals surface area contributed by atoms with Gasteiger partial charge in [-0.3, -0.25) is 4.68 Å². The Hall–Kier alpha value is -0.830. The maximum absolute atomic E-state index is 10.6. The first-order valence-electron chi connectivity index (χ1n) is 7.81. The number of aliphatic hydroxyl groups is 1. The molecule has 1 aromatic rings. The predicted octanol–water partition coefficient (Wildman–Crippen LogP) is 3.73. The molecule has 0 radical (unpaired) electrons. The predicted molar refractivity (Wildman–Crippen MR) is 78.1 cm³/mol. The van der Waals surface area contributed by atoms with E-state index < -0.39 is 5.60 Å². The van der Waals surface area contributed by atoms with Gasteiger partial charge in [-0.25, -0.2) is 0 Å². The molecule has 1 saturated carbocycles. The van der Waals surface area contributed by atoms with Gasteiger partial charge in [0.2, 0.25) is 0 Å². The van der Waals surface area contributed by atoms with E-state index in [9.17, 15) is 5.11 Å². The molecule has 3 heteroatoms. The Morgan fingerprint density at radius 2 is 2.05 bits per heavy atom. The van der Waals surface area contributed by atoms with E-state index in [0.717, 1.165) is 12.1 Å². The Kier molecular flexibility index (Phi) is 4.67.